The molecule has 0 nitrogen and oxygen atoms in total. The zero-order chi connectivity index (χ0) is 18.7. The van der Waals surface area contributed by atoms with Crippen molar-refractivity contribution in [3.05, 3.63) is 47.6 Å². The van der Waals surface area contributed by atoms with Gasteiger partial charge in [-0.15, -0.1) is 0 Å². The van der Waals surface area contributed by atoms with Gasteiger partial charge < -0.3 is 0 Å². The number of rotatable bonds is 3. The SMILES string of the molecule is C=C1C=C2CCC3C(=CC[C@@]4(C)C3C[C@H](CC)[C@@H]4C(=C)CC)[C@@]2(C)CC1. The fraction of sp³-hybridized carbons (Fsp3) is 0.692. The molecule has 2 fully saturated rings. The van der Waals surface area contributed by atoms with Crippen molar-refractivity contribution in [3.8, 4) is 0 Å². The highest BCUT2D eigenvalue weighted by molar-refractivity contribution is 5.43. The molecule has 0 aliphatic heterocycles. The lowest BCUT2D eigenvalue weighted by Gasteiger charge is -2.54. The molecule has 0 amide bonds. The summed E-state index contributed by atoms with van der Waals surface area (Å²) >= 11 is 0. The number of fused-ring (bicyclic) bond motifs is 5. The molecule has 0 N–H and O–H groups in total. The fourth-order valence-electron chi connectivity index (χ4n) is 7.55. The molecular formula is C26H38. The Morgan fingerprint density at radius 2 is 2.00 bits per heavy atom. The highest BCUT2D eigenvalue weighted by atomic mass is 14.6. The Balaban J connectivity index is 1.74. The highest BCUT2D eigenvalue weighted by Gasteiger charge is 2.58. The van der Waals surface area contributed by atoms with Crippen molar-refractivity contribution < 1.29 is 0 Å². The smallest absolute Gasteiger partial charge is 0.0101 e. The topological polar surface area (TPSA) is 0 Å². The van der Waals surface area contributed by atoms with Crippen LogP contribution in [0, 0.1) is 34.5 Å². The normalized spacial score (nSPS) is 44.5. The summed E-state index contributed by atoms with van der Waals surface area (Å²) in [6.07, 6.45) is 15.4. The van der Waals surface area contributed by atoms with Crippen LogP contribution in [0.15, 0.2) is 47.6 Å². The predicted octanol–water partition coefficient (Wildman–Crippen LogP) is 7.64. The zero-order valence-electron chi connectivity index (χ0n) is 17.5. The quantitative estimate of drug-likeness (QED) is 0.459. The zero-order valence-corrected chi connectivity index (χ0v) is 17.5. The van der Waals surface area contributed by atoms with E-state index in [9.17, 15) is 0 Å². The van der Waals surface area contributed by atoms with E-state index in [0.29, 0.717) is 10.8 Å². The van der Waals surface area contributed by atoms with Gasteiger partial charge in [0, 0.05) is 5.41 Å². The van der Waals surface area contributed by atoms with Gasteiger partial charge in [0.25, 0.3) is 0 Å². The van der Waals surface area contributed by atoms with E-state index in [1.165, 1.54) is 56.1 Å². The summed E-state index contributed by atoms with van der Waals surface area (Å²) in [7, 11) is 0. The first-order valence-corrected chi connectivity index (χ1v) is 11.1. The van der Waals surface area contributed by atoms with Crippen molar-refractivity contribution >= 4 is 0 Å². The molecule has 4 rings (SSSR count). The van der Waals surface area contributed by atoms with Gasteiger partial charge in [-0.3, -0.25) is 0 Å². The first-order valence-electron chi connectivity index (χ1n) is 11.1. The van der Waals surface area contributed by atoms with Crippen molar-refractivity contribution in [1.29, 1.82) is 0 Å². The summed E-state index contributed by atoms with van der Waals surface area (Å²) < 4.78 is 0. The largest absolute Gasteiger partial charge is 0.0996 e. The summed E-state index contributed by atoms with van der Waals surface area (Å²) in [5.41, 5.74) is 7.13. The van der Waals surface area contributed by atoms with E-state index in [-0.39, 0.29) is 0 Å². The van der Waals surface area contributed by atoms with E-state index in [2.05, 4.69) is 53.0 Å². The molecular weight excluding hydrogens is 312 g/mol. The van der Waals surface area contributed by atoms with Crippen LogP contribution in [-0.4, -0.2) is 0 Å². The highest BCUT2D eigenvalue weighted by Crippen LogP contribution is 2.67. The second kappa shape index (κ2) is 6.25. The summed E-state index contributed by atoms with van der Waals surface area (Å²) in [5.74, 6) is 3.26. The van der Waals surface area contributed by atoms with E-state index >= 15 is 0 Å². The Labute approximate surface area is 161 Å². The van der Waals surface area contributed by atoms with Gasteiger partial charge in [0.2, 0.25) is 0 Å². The molecule has 0 aromatic rings. The summed E-state index contributed by atoms with van der Waals surface area (Å²) in [6, 6.07) is 0. The van der Waals surface area contributed by atoms with Gasteiger partial charge in [0.15, 0.2) is 0 Å². The van der Waals surface area contributed by atoms with Crippen molar-refractivity contribution in [2.75, 3.05) is 0 Å². The van der Waals surface area contributed by atoms with Crippen LogP contribution in [0.2, 0.25) is 0 Å². The predicted molar refractivity (Wildman–Crippen MR) is 113 cm³/mol. The standard InChI is InChI=1S/C26H38/c1-7-18(4)24-19(8-2)16-23-21-10-9-20-15-17(3)11-13-25(20,5)22(21)12-14-26(23,24)6/h12,15,19,21,23-24H,3-4,7-11,13-14,16H2,1-2,5-6H3/t19-,21?,23?,24-,25-,26-/m0/s1. The molecule has 0 heterocycles. The molecule has 4 aliphatic rings. The third-order valence-corrected chi connectivity index (χ3v) is 9.05. The van der Waals surface area contributed by atoms with Crippen LogP contribution in [0.5, 0.6) is 0 Å². The average molecular weight is 351 g/mol. The van der Waals surface area contributed by atoms with Gasteiger partial charge in [0.1, 0.15) is 0 Å². The molecule has 142 valence electrons. The van der Waals surface area contributed by atoms with Crippen molar-refractivity contribution in [1.82, 2.24) is 0 Å². The molecule has 0 aromatic carbocycles. The summed E-state index contributed by atoms with van der Waals surface area (Å²) in [5, 5.41) is 0. The Hall–Kier alpha value is -1.04. The molecule has 0 spiro atoms. The summed E-state index contributed by atoms with van der Waals surface area (Å²) in [4.78, 5) is 0. The molecule has 6 atom stereocenters. The molecule has 4 aliphatic carbocycles. The minimum Gasteiger partial charge on any atom is -0.0996 e. The van der Waals surface area contributed by atoms with Crippen LogP contribution in [0.1, 0.15) is 79.1 Å². The molecule has 2 unspecified atom stereocenters. The monoisotopic (exact) mass is 350 g/mol. The van der Waals surface area contributed by atoms with E-state index in [1.807, 2.05) is 5.57 Å². The lowest BCUT2D eigenvalue weighted by molar-refractivity contribution is 0.0936. The Kier molecular flexibility index (Phi) is 4.41. The summed E-state index contributed by atoms with van der Waals surface area (Å²) in [6.45, 7) is 18.7. The van der Waals surface area contributed by atoms with Crippen LogP contribution in [0.4, 0.5) is 0 Å². The third kappa shape index (κ3) is 2.40. The van der Waals surface area contributed by atoms with Crippen LogP contribution >= 0.6 is 0 Å². The van der Waals surface area contributed by atoms with Crippen molar-refractivity contribution in [2.24, 2.45) is 34.5 Å². The van der Waals surface area contributed by atoms with E-state index in [0.717, 1.165) is 30.1 Å². The molecule has 0 aromatic heterocycles. The maximum absolute atomic E-state index is 4.54. The molecule has 0 bridgehead atoms. The van der Waals surface area contributed by atoms with Crippen LogP contribution < -0.4 is 0 Å². The Morgan fingerprint density at radius 3 is 2.69 bits per heavy atom. The number of hydrogen-bond acceptors (Lipinski definition) is 0. The molecule has 0 radical (unpaired) electrons. The van der Waals surface area contributed by atoms with Gasteiger partial charge in [-0.2, -0.15) is 0 Å². The number of hydrogen-bond donors (Lipinski definition) is 0. The van der Waals surface area contributed by atoms with Gasteiger partial charge in [-0.05, 0) is 74.0 Å². The van der Waals surface area contributed by atoms with Crippen molar-refractivity contribution in [3.63, 3.8) is 0 Å². The van der Waals surface area contributed by atoms with E-state index in [1.54, 1.807) is 5.57 Å². The maximum Gasteiger partial charge on any atom is 0.0101 e. The Bertz CT molecular complexity index is 689. The fourth-order valence-corrected chi connectivity index (χ4v) is 7.55. The molecule has 0 heteroatoms. The van der Waals surface area contributed by atoms with Crippen LogP contribution in [0.25, 0.3) is 0 Å². The van der Waals surface area contributed by atoms with Gasteiger partial charge in [-0.25, -0.2) is 0 Å². The van der Waals surface area contributed by atoms with Crippen LogP contribution in [-0.2, 0) is 0 Å². The van der Waals surface area contributed by atoms with Gasteiger partial charge in [0.05, 0.1) is 0 Å². The maximum atomic E-state index is 4.54. The number of allylic oxidation sites excluding steroid dienone is 6. The van der Waals surface area contributed by atoms with Crippen molar-refractivity contribution in [2.45, 2.75) is 79.1 Å². The first-order chi connectivity index (χ1) is 12.3. The lowest BCUT2D eigenvalue weighted by atomic mass is 9.51. The second-order valence-corrected chi connectivity index (χ2v) is 10.2. The lowest BCUT2D eigenvalue weighted by Crippen LogP contribution is -2.44. The third-order valence-electron chi connectivity index (χ3n) is 9.05. The molecule has 0 saturated heterocycles. The Morgan fingerprint density at radius 1 is 1.23 bits per heavy atom. The van der Waals surface area contributed by atoms with Gasteiger partial charge >= 0.3 is 0 Å². The minimum atomic E-state index is 0.326. The van der Waals surface area contributed by atoms with E-state index in [4.69, 9.17) is 0 Å². The minimum absolute atomic E-state index is 0.326. The average Bonchev–Trinajstić information content (AvgIpc) is 2.94. The molecule has 2 saturated carbocycles. The first kappa shape index (κ1) is 18.3. The van der Waals surface area contributed by atoms with Crippen LogP contribution in [0.3, 0.4) is 0 Å². The molecule has 26 heavy (non-hydrogen) atoms. The van der Waals surface area contributed by atoms with E-state index < -0.39 is 0 Å². The second-order valence-electron chi connectivity index (χ2n) is 10.2. The van der Waals surface area contributed by atoms with Gasteiger partial charge in [-0.1, -0.05) is 81.7 Å².